The van der Waals surface area contributed by atoms with E-state index >= 15 is 0 Å². The predicted octanol–water partition coefficient (Wildman–Crippen LogP) is 1.61. The van der Waals surface area contributed by atoms with Crippen LogP contribution in [0.25, 0.3) is 0 Å². The van der Waals surface area contributed by atoms with Crippen molar-refractivity contribution in [3.8, 4) is 0 Å². The third kappa shape index (κ3) is 8.09. The first-order chi connectivity index (χ1) is 9.83. The summed E-state index contributed by atoms with van der Waals surface area (Å²) in [6, 6.07) is -1.06. The van der Waals surface area contributed by atoms with Crippen LogP contribution in [0.4, 0.5) is 0 Å². The number of carbonyl (C=O) groups excluding carboxylic acids is 3. The van der Waals surface area contributed by atoms with Crippen molar-refractivity contribution >= 4 is 29.9 Å². The van der Waals surface area contributed by atoms with Crippen molar-refractivity contribution in [1.82, 2.24) is 10.6 Å². The quantitative estimate of drug-likeness (QED) is 0.568. The van der Waals surface area contributed by atoms with Crippen LogP contribution in [0, 0.1) is 11.8 Å². The second-order valence-electron chi connectivity index (χ2n) is 5.87. The van der Waals surface area contributed by atoms with Gasteiger partial charge in [-0.2, -0.15) is 11.8 Å². The molecule has 21 heavy (non-hydrogen) atoms. The summed E-state index contributed by atoms with van der Waals surface area (Å²) in [6.07, 6.45) is 3.64. The van der Waals surface area contributed by atoms with E-state index in [0.29, 0.717) is 25.2 Å². The molecule has 0 bridgehead atoms. The van der Waals surface area contributed by atoms with Crippen molar-refractivity contribution in [3.63, 3.8) is 0 Å². The van der Waals surface area contributed by atoms with Crippen LogP contribution in [0.15, 0.2) is 0 Å². The Bertz CT molecular complexity index is 346. The molecule has 0 spiro atoms. The second-order valence-corrected chi connectivity index (χ2v) is 6.85. The summed E-state index contributed by atoms with van der Waals surface area (Å²) in [5, 5.41) is 5.33. The van der Waals surface area contributed by atoms with Crippen LogP contribution in [0.2, 0.25) is 0 Å². The molecule has 2 N–H and O–H groups in total. The number of amides is 2. The molecule has 6 heteroatoms. The number of carbonyl (C=O) groups is 3. The largest absolute Gasteiger partial charge is 0.347 e. The molecule has 0 aliphatic rings. The molecule has 0 radical (unpaired) electrons. The Labute approximate surface area is 132 Å². The molecule has 0 aliphatic carbocycles. The van der Waals surface area contributed by atoms with Gasteiger partial charge in [-0.25, -0.2) is 0 Å². The zero-order valence-corrected chi connectivity index (χ0v) is 14.5. The molecule has 0 fully saturated rings. The minimum Gasteiger partial charge on any atom is -0.347 e. The first-order valence-corrected chi connectivity index (χ1v) is 8.75. The van der Waals surface area contributed by atoms with Gasteiger partial charge in [-0.05, 0) is 30.8 Å². The van der Waals surface area contributed by atoms with Crippen LogP contribution in [0.1, 0.15) is 40.5 Å². The molecule has 0 heterocycles. The highest BCUT2D eigenvalue weighted by molar-refractivity contribution is 7.98. The van der Waals surface area contributed by atoms with E-state index in [9.17, 15) is 14.4 Å². The molecule has 0 saturated carbocycles. The fourth-order valence-electron chi connectivity index (χ4n) is 2.00. The Kier molecular flexibility index (Phi) is 10.1. The molecule has 5 nitrogen and oxygen atoms in total. The molecule has 0 saturated heterocycles. The SMILES string of the molecule is CSCCC(NC=O)C(=O)NC(CC(C)C)C(=O)C(C)C. The third-order valence-electron chi connectivity index (χ3n) is 3.13. The van der Waals surface area contributed by atoms with Crippen LogP contribution >= 0.6 is 11.8 Å². The molecule has 0 aromatic heterocycles. The van der Waals surface area contributed by atoms with Gasteiger partial charge >= 0.3 is 0 Å². The summed E-state index contributed by atoms with van der Waals surface area (Å²) < 4.78 is 0. The van der Waals surface area contributed by atoms with Crippen LogP contribution in [-0.4, -0.2) is 42.2 Å². The lowest BCUT2D eigenvalue weighted by Crippen LogP contribution is -2.51. The van der Waals surface area contributed by atoms with E-state index < -0.39 is 12.1 Å². The minimum atomic E-state index is -0.579. The Morgan fingerprint density at radius 2 is 1.76 bits per heavy atom. The number of nitrogens with one attached hydrogen (secondary N) is 2. The molecule has 0 aromatic carbocycles. The summed E-state index contributed by atoms with van der Waals surface area (Å²) in [4.78, 5) is 35.1. The zero-order valence-electron chi connectivity index (χ0n) is 13.6. The number of Topliss-reactive ketones (excluding diaryl/α,β-unsaturated/α-hetero) is 1. The van der Waals surface area contributed by atoms with Crippen LogP contribution in [-0.2, 0) is 14.4 Å². The Morgan fingerprint density at radius 1 is 1.14 bits per heavy atom. The van der Waals surface area contributed by atoms with Gasteiger partial charge in [0, 0.05) is 5.92 Å². The standard InChI is InChI=1S/C15H28N2O3S/c1-10(2)8-13(14(19)11(3)4)17-15(20)12(16-9-18)6-7-21-5/h9-13H,6-8H2,1-5H3,(H,16,18)(H,17,20). The Hall–Kier alpha value is -1.04. The summed E-state index contributed by atoms with van der Waals surface area (Å²) >= 11 is 1.61. The van der Waals surface area contributed by atoms with Crippen molar-refractivity contribution < 1.29 is 14.4 Å². The van der Waals surface area contributed by atoms with E-state index in [-0.39, 0.29) is 17.6 Å². The van der Waals surface area contributed by atoms with Crippen LogP contribution < -0.4 is 10.6 Å². The van der Waals surface area contributed by atoms with Crippen molar-refractivity contribution in [2.75, 3.05) is 12.0 Å². The maximum Gasteiger partial charge on any atom is 0.243 e. The highest BCUT2D eigenvalue weighted by Crippen LogP contribution is 2.11. The maximum absolute atomic E-state index is 12.3. The number of thioether (sulfide) groups is 1. The Morgan fingerprint density at radius 3 is 2.19 bits per heavy atom. The molecule has 0 aliphatic heterocycles. The number of hydrogen-bond donors (Lipinski definition) is 2. The summed E-state index contributed by atoms with van der Waals surface area (Å²) in [5.41, 5.74) is 0. The van der Waals surface area contributed by atoms with E-state index in [4.69, 9.17) is 0 Å². The van der Waals surface area contributed by atoms with Gasteiger partial charge in [0.1, 0.15) is 6.04 Å². The van der Waals surface area contributed by atoms with Crippen molar-refractivity contribution in [3.05, 3.63) is 0 Å². The van der Waals surface area contributed by atoms with Gasteiger partial charge in [0.05, 0.1) is 6.04 Å². The fourth-order valence-corrected chi connectivity index (χ4v) is 2.47. The molecule has 0 rings (SSSR count). The van der Waals surface area contributed by atoms with Crippen LogP contribution in [0.5, 0.6) is 0 Å². The molecular formula is C15H28N2O3S. The minimum absolute atomic E-state index is 0.0340. The highest BCUT2D eigenvalue weighted by Gasteiger charge is 2.27. The van der Waals surface area contributed by atoms with E-state index in [2.05, 4.69) is 10.6 Å². The van der Waals surface area contributed by atoms with E-state index in [1.165, 1.54) is 0 Å². The van der Waals surface area contributed by atoms with Gasteiger partial charge < -0.3 is 10.6 Å². The topological polar surface area (TPSA) is 75.3 Å². The summed E-state index contributed by atoms with van der Waals surface area (Å²) in [6.45, 7) is 7.69. The average Bonchev–Trinajstić information content (AvgIpc) is 2.41. The van der Waals surface area contributed by atoms with E-state index in [1.54, 1.807) is 11.8 Å². The lowest BCUT2D eigenvalue weighted by molar-refractivity contribution is -0.131. The second kappa shape index (κ2) is 10.7. The molecular weight excluding hydrogens is 288 g/mol. The first kappa shape index (κ1) is 20.0. The smallest absolute Gasteiger partial charge is 0.243 e. The lowest BCUT2D eigenvalue weighted by Gasteiger charge is -2.24. The van der Waals surface area contributed by atoms with Gasteiger partial charge in [-0.15, -0.1) is 0 Å². The third-order valence-corrected chi connectivity index (χ3v) is 3.78. The predicted molar refractivity (Wildman–Crippen MR) is 87.2 cm³/mol. The normalized spacial score (nSPS) is 13.9. The lowest BCUT2D eigenvalue weighted by atomic mass is 9.94. The summed E-state index contributed by atoms with van der Waals surface area (Å²) in [7, 11) is 0. The maximum atomic E-state index is 12.3. The fraction of sp³-hybridized carbons (Fsp3) is 0.800. The van der Waals surface area contributed by atoms with Crippen molar-refractivity contribution in [2.45, 2.75) is 52.6 Å². The number of hydrogen-bond acceptors (Lipinski definition) is 4. The summed E-state index contributed by atoms with van der Waals surface area (Å²) in [5.74, 6) is 0.702. The van der Waals surface area contributed by atoms with Crippen molar-refractivity contribution in [2.24, 2.45) is 11.8 Å². The Balaban J connectivity index is 4.81. The van der Waals surface area contributed by atoms with Crippen molar-refractivity contribution in [1.29, 1.82) is 0 Å². The van der Waals surface area contributed by atoms with E-state index in [1.807, 2.05) is 34.0 Å². The molecule has 122 valence electrons. The average molecular weight is 316 g/mol. The van der Waals surface area contributed by atoms with Gasteiger partial charge in [-0.1, -0.05) is 27.7 Å². The van der Waals surface area contributed by atoms with E-state index in [0.717, 1.165) is 5.75 Å². The monoisotopic (exact) mass is 316 g/mol. The number of ketones is 1. The van der Waals surface area contributed by atoms with Crippen LogP contribution in [0.3, 0.4) is 0 Å². The van der Waals surface area contributed by atoms with Gasteiger partial charge in [-0.3, -0.25) is 14.4 Å². The van der Waals surface area contributed by atoms with Gasteiger partial charge in [0.2, 0.25) is 12.3 Å². The highest BCUT2D eigenvalue weighted by atomic mass is 32.2. The molecule has 2 atom stereocenters. The number of rotatable bonds is 11. The zero-order chi connectivity index (χ0) is 16.4. The van der Waals surface area contributed by atoms with Gasteiger partial charge in [0.25, 0.3) is 0 Å². The van der Waals surface area contributed by atoms with Gasteiger partial charge in [0.15, 0.2) is 5.78 Å². The molecule has 2 amide bonds. The molecule has 0 aromatic rings. The molecule has 2 unspecified atom stereocenters. The first-order valence-electron chi connectivity index (χ1n) is 7.36.